The molecular weight excluding hydrogens is 252 g/mol. The van der Waals surface area contributed by atoms with E-state index in [1.54, 1.807) is 11.3 Å². The van der Waals surface area contributed by atoms with Crippen molar-refractivity contribution in [3.05, 3.63) is 41.3 Å². The largest absolute Gasteiger partial charge is 0.238 e. The van der Waals surface area contributed by atoms with Crippen molar-refractivity contribution in [3.63, 3.8) is 0 Å². The van der Waals surface area contributed by atoms with Crippen LogP contribution in [0, 0.1) is 17.2 Å². The first kappa shape index (κ1) is 13.2. The normalized spacial score (nSPS) is 10.8. The molecule has 6 heteroatoms. The van der Waals surface area contributed by atoms with E-state index in [-0.39, 0.29) is 0 Å². The summed E-state index contributed by atoms with van der Waals surface area (Å²) in [6.45, 7) is 2.12. The maximum Gasteiger partial charge on any atom is 0.238 e. The Morgan fingerprint density at radius 1 is 1.06 bits per heavy atom. The van der Waals surface area contributed by atoms with Gasteiger partial charge in [0.1, 0.15) is 0 Å². The summed E-state index contributed by atoms with van der Waals surface area (Å²) in [6, 6.07) is 10.8. The maximum atomic E-state index is 8.49. The molecule has 0 amide bonds. The number of hydrogen-bond donors (Lipinski definition) is 0. The Balaban J connectivity index is 0.000000221. The minimum Gasteiger partial charge on any atom is -0.222 e. The smallest absolute Gasteiger partial charge is 0.222 e. The zero-order valence-corrected chi connectivity index (χ0v) is 9.96. The Bertz CT molecular complexity index is 464. The molecule has 4 nitrogen and oxygen atoms in total. The van der Waals surface area contributed by atoms with Gasteiger partial charge in [-0.25, -0.2) is 18.6 Å². The van der Waals surface area contributed by atoms with Crippen LogP contribution in [0.2, 0.25) is 0 Å². The van der Waals surface area contributed by atoms with E-state index < -0.39 is 10.2 Å². The fourth-order valence-corrected chi connectivity index (χ4v) is 1.97. The van der Waals surface area contributed by atoms with Gasteiger partial charge < -0.3 is 0 Å². The molecule has 0 fully saturated rings. The van der Waals surface area contributed by atoms with E-state index in [2.05, 4.69) is 42.6 Å². The maximum absolute atomic E-state index is 8.49. The highest BCUT2D eigenvalue weighted by molar-refractivity contribution is 7.16. The van der Waals surface area contributed by atoms with Crippen molar-refractivity contribution >= 4 is 21.4 Å². The van der Waals surface area contributed by atoms with Crippen LogP contribution in [0.15, 0.2) is 35.7 Å². The molecule has 1 aromatic heterocycles. The minimum absolute atomic E-state index is 1.33. The lowest BCUT2D eigenvalue weighted by molar-refractivity contribution is -2.00. The number of benzene rings is 1. The van der Waals surface area contributed by atoms with Crippen molar-refractivity contribution in [2.75, 3.05) is 0 Å². The summed E-state index contributed by atoms with van der Waals surface area (Å²) in [4.78, 5) is 0. The van der Waals surface area contributed by atoms with Crippen LogP contribution in [-0.4, -0.2) is 0 Å². The minimum atomic E-state index is -4.94. The molecule has 0 aliphatic heterocycles. The van der Waals surface area contributed by atoms with Crippen molar-refractivity contribution in [2.24, 2.45) is 0 Å². The molecule has 0 N–H and O–H groups in total. The number of rotatable bonds is 0. The van der Waals surface area contributed by atoms with E-state index in [0.29, 0.717) is 0 Å². The first-order valence-electron chi connectivity index (χ1n) is 4.25. The summed E-state index contributed by atoms with van der Waals surface area (Å²) in [5.41, 5.74) is 1.33. The molecule has 0 unspecified atom stereocenters. The van der Waals surface area contributed by atoms with E-state index in [4.69, 9.17) is 18.6 Å². The van der Waals surface area contributed by atoms with Crippen LogP contribution in [0.1, 0.15) is 5.56 Å². The van der Waals surface area contributed by atoms with Gasteiger partial charge in [-0.1, -0.05) is 6.07 Å². The van der Waals surface area contributed by atoms with Gasteiger partial charge in [0.25, 0.3) is 0 Å². The van der Waals surface area contributed by atoms with Crippen molar-refractivity contribution in [2.45, 2.75) is 6.92 Å². The Labute approximate surface area is 98.8 Å². The van der Waals surface area contributed by atoms with E-state index in [1.807, 2.05) is 0 Å². The molecule has 0 aliphatic carbocycles. The third kappa shape index (κ3) is 5.32. The third-order valence-corrected chi connectivity index (χ3v) is 2.62. The van der Waals surface area contributed by atoms with E-state index in [0.717, 1.165) is 0 Å². The van der Waals surface area contributed by atoms with Crippen molar-refractivity contribution < 1.29 is 28.9 Å². The Morgan fingerprint density at radius 3 is 2.31 bits per heavy atom. The van der Waals surface area contributed by atoms with Gasteiger partial charge in [-0.2, -0.15) is 0 Å². The molecule has 86 valence electrons. The molecule has 16 heavy (non-hydrogen) atoms. The average molecular weight is 261 g/mol. The quantitative estimate of drug-likeness (QED) is 0.553. The predicted octanol–water partition coefficient (Wildman–Crippen LogP) is -1.27. The molecule has 0 spiro atoms. The zero-order chi connectivity index (χ0) is 12.2. The molecule has 0 bridgehead atoms. The average Bonchev–Trinajstić information content (AvgIpc) is 2.15. The molecule has 0 atom stereocenters. The highest BCUT2D eigenvalue weighted by Gasteiger charge is 2.00. The highest BCUT2D eigenvalue weighted by Crippen LogP contribution is 2.18. The lowest BCUT2D eigenvalue weighted by Crippen LogP contribution is -2.68. The van der Waals surface area contributed by atoms with Gasteiger partial charge in [-0.3, -0.25) is 0 Å². The third-order valence-electron chi connectivity index (χ3n) is 1.72. The van der Waals surface area contributed by atoms with Gasteiger partial charge in [0.05, 0.1) is 0 Å². The lowest BCUT2D eigenvalue weighted by atomic mass is 10.2. The van der Waals surface area contributed by atoms with Gasteiger partial charge in [0.15, 0.2) is 5.38 Å². The van der Waals surface area contributed by atoms with Gasteiger partial charge in [0.2, 0.25) is 16.0 Å². The van der Waals surface area contributed by atoms with Crippen LogP contribution in [0.5, 0.6) is 0 Å². The summed E-state index contributed by atoms with van der Waals surface area (Å²) in [5.74, 6) is 0. The van der Waals surface area contributed by atoms with Crippen molar-refractivity contribution in [3.8, 4) is 0 Å². The Morgan fingerprint density at radius 2 is 1.69 bits per heavy atom. The molecule has 1 aromatic carbocycles. The fourth-order valence-electron chi connectivity index (χ4n) is 1.14. The molecular formula is C10H9ClO4S. The van der Waals surface area contributed by atoms with E-state index in [1.165, 1.54) is 15.6 Å². The summed E-state index contributed by atoms with van der Waals surface area (Å²) in [5, 5.41) is 3.45. The number of aryl methyl sites for hydroxylation is 1. The standard InChI is InChI=1S/C10H9S.ClHO4/c1-8-4-5-9-3-2-6-11-10(9)7-8;2-1(3,4)5/h2-7H,1H3;(H,2,3,4,5)/q+1;/p-1. The molecule has 1 heterocycles. The first-order valence-corrected chi connectivity index (χ1v) is 6.36. The van der Waals surface area contributed by atoms with Crippen LogP contribution in [0.4, 0.5) is 0 Å². The number of hydrogen-bond acceptors (Lipinski definition) is 4. The molecule has 2 rings (SSSR count). The Kier molecular flexibility index (Phi) is 4.55. The second-order valence-electron chi connectivity index (χ2n) is 3.03. The van der Waals surface area contributed by atoms with Crippen molar-refractivity contribution in [1.29, 1.82) is 0 Å². The Hall–Kier alpha value is -0.820. The molecule has 0 aliphatic rings. The van der Waals surface area contributed by atoms with Crippen LogP contribution in [0.25, 0.3) is 10.1 Å². The number of fused-ring (bicyclic) bond motifs is 1. The van der Waals surface area contributed by atoms with Crippen LogP contribution in [-0.2, 0) is 0 Å². The number of halogens is 1. The van der Waals surface area contributed by atoms with Crippen molar-refractivity contribution in [1.82, 2.24) is 0 Å². The monoisotopic (exact) mass is 260 g/mol. The second-order valence-corrected chi connectivity index (χ2v) is 4.74. The van der Waals surface area contributed by atoms with Gasteiger partial charge in [-0.05, 0) is 30.7 Å². The second kappa shape index (κ2) is 5.49. The fraction of sp³-hybridized carbons (Fsp3) is 0.100. The lowest BCUT2D eigenvalue weighted by Gasteiger charge is -2.17. The predicted molar refractivity (Wildman–Crippen MR) is 51.0 cm³/mol. The van der Waals surface area contributed by atoms with Crippen LogP contribution < -0.4 is 18.6 Å². The van der Waals surface area contributed by atoms with E-state index in [9.17, 15) is 0 Å². The summed E-state index contributed by atoms with van der Waals surface area (Å²) in [6.07, 6.45) is 0. The zero-order valence-electron chi connectivity index (χ0n) is 8.38. The molecule has 0 saturated heterocycles. The van der Waals surface area contributed by atoms with Gasteiger partial charge in [-0.15, -0.1) is 10.2 Å². The molecule has 0 saturated carbocycles. The van der Waals surface area contributed by atoms with Gasteiger partial charge >= 0.3 is 0 Å². The summed E-state index contributed by atoms with van der Waals surface area (Å²) in [7, 11) is -4.94. The topological polar surface area (TPSA) is 92.2 Å². The van der Waals surface area contributed by atoms with E-state index >= 15 is 0 Å². The van der Waals surface area contributed by atoms with Crippen LogP contribution >= 0.6 is 11.3 Å². The first-order chi connectivity index (χ1) is 7.36. The molecule has 2 aromatic rings. The summed E-state index contributed by atoms with van der Waals surface area (Å²) < 4.78 is 35.3. The van der Waals surface area contributed by atoms with Crippen LogP contribution in [0.3, 0.4) is 0 Å². The molecule has 0 radical (unpaired) electrons. The van der Waals surface area contributed by atoms with Gasteiger partial charge in [0, 0.05) is 11.5 Å². The SMILES string of the molecule is Cc1ccc2ccc[s+]c2c1.[O-][Cl+3]([O-])([O-])[O-]. The highest BCUT2D eigenvalue weighted by atomic mass is 35.7. The summed E-state index contributed by atoms with van der Waals surface area (Å²) >= 11 is 1.79.